The molecule has 0 saturated heterocycles. The zero-order valence-electron chi connectivity index (χ0n) is 14.2. The molecule has 0 aliphatic heterocycles. The Morgan fingerprint density at radius 2 is 1.77 bits per heavy atom. The fraction of sp³-hybridized carbons (Fsp3) is 0.800. The van der Waals surface area contributed by atoms with Crippen LogP contribution in [0.5, 0.6) is 0 Å². The summed E-state index contributed by atoms with van der Waals surface area (Å²) in [6.07, 6.45) is 2.64. The average molecular weight is 445 g/mol. The van der Waals surface area contributed by atoms with Crippen molar-refractivity contribution in [3.8, 4) is 0 Å². The third-order valence-corrected chi connectivity index (χ3v) is 9.27. The minimum atomic E-state index is -4.18. The molecule has 5 nitrogen and oxygen atoms in total. The second kappa shape index (κ2) is 7.17. The van der Waals surface area contributed by atoms with Gasteiger partial charge in [0.2, 0.25) is 5.91 Å². The highest BCUT2D eigenvalue weighted by atomic mass is 127. The van der Waals surface area contributed by atoms with Crippen LogP contribution < -0.4 is 5.32 Å². The number of carbonyl (C=O) groups is 1. The molecule has 0 aromatic rings. The Kier molecular flexibility index (Phi) is 7.12. The molecule has 2 unspecified atom stereocenters. The van der Waals surface area contributed by atoms with Crippen LogP contribution in [0.25, 0.3) is 0 Å². The van der Waals surface area contributed by atoms with E-state index in [0.717, 1.165) is 0 Å². The average Bonchev–Trinajstić information content (AvgIpc) is 2.33. The zero-order valence-corrected chi connectivity index (χ0v) is 17.2. The lowest BCUT2D eigenvalue weighted by Gasteiger charge is -2.43. The van der Waals surface area contributed by atoms with Gasteiger partial charge in [0.15, 0.2) is 2.75 Å². The second-order valence-corrected chi connectivity index (χ2v) is 11.8. The van der Waals surface area contributed by atoms with Gasteiger partial charge in [0.1, 0.15) is 0 Å². The number of nitrogens with one attached hydrogen (secondary N) is 1. The van der Waals surface area contributed by atoms with Gasteiger partial charge < -0.3 is 5.32 Å². The molecule has 0 bridgehead atoms. The molecule has 130 valence electrons. The van der Waals surface area contributed by atoms with Crippen LogP contribution in [-0.4, -0.2) is 27.2 Å². The Bertz CT molecular complexity index is 524. The smallest absolute Gasteiger partial charge is 0.280 e. The maximum atomic E-state index is 11.7. The highest BCUT2D eigenvalue weighted by Crippen LogP contribution is 2.49. The molecule has 0 aromatic carbocycles. The first-order chi connectivity index (χ1) is 9.58. The van der Waals surface area contributed by atoms with Crippen molar-refractivity contribution in [2.75, 3.05) is 0 Å². The highest BCUT2D eigenvalue weighted by molar-refractivity contribution is 14.1. The van der Waals surface area contributed by atoms with Crippen LogP contribution in [0.4, 0.5) is 0 Å². The maximum absolute atomic E-state index is 11.7. The number of hydrogen-bond donors (Lipinski definition) is 2. The van der Waals surface area contributed by atoms with E-state index in [0.29, 0.717) is 12.8 Å². The minimum absolute atomic E-state index is 0.0243. The molecule has 0 spiro atoms. The molecule has 7 heteroatoms. The van der Waals surface area contributed by atoms with Gasteiger partial charge in [-0.3, -0.25) is 9.35 Å². The predicted octanol–water partition coefficient (Wildman–Crippen LogP) is 3.55. The van der Waals surface area contributed by atoms with E-state index < -0.39 is 23.8 Å². The van der Waals surface area contributed by atoms with Crippen molar-refractivity contribution >= 4 is 38.6 Å². The van der Waals surface area contributed by atoms with Crippen molar-refractivity contribution in [2.45, 2.75) is 62.7 Å². The Labute approximate surface area is 148 Å². The van der Waals surface area contributed by atoms with Crippen molar-refractivity contribution in [1.82, 2.24) is 5.32 Å². The largest absolute Gasteiger partial charge is 0.348 e. The number of alkyl halides is 1. The molecule has 22 heavy (non-hydrogen) atoms. The summed E-state index contributed by atoms with van der Waals surface area (Å²) in [5.41, 5.74) is -1.05. The molecule has 0 aromatic heterocycles. The van der Waals surface area contributed by atoms with E-state index in [1.54, 1.807) is 22.6 Å². The Morgan fingerprint density at radius 3 is 2.14 bits per heavy atom. The Balaban J connectivity index is 5.03. The summed E-state index contributed by atoms with van der Waals surface area (Å²) in [4.78, 5) is 11.4. The zero-order chi connectivity index (χ0) is 18.0. The number of hydrogen-bond acceptors (Lipinski definition) is 3. The molecule has 0 heterocycles. The molecule has 0 saturated carbocycles. The summed E-state index contributed by atoms with van der Waals surface area (Å²) in [6.45, 7) is 14.4. The lowest BCUT2D eigenvalue weighted by atomic mass is 9.74. The Morgan fingerprint density at radius 1 is 1.32 bits per heavy atom. The van der Waals surface area contributed by atoms with Crippen molar-refractivity contribution < 1.29 is 17.8 Å². The van der Waals surface area contributed by atoms with E-state index in [4.69, 9.17) is 0 Å². The number of carbonyl (C=O) groups excluding carboxylic acids is 1. The van der Waals surface area contributed by atoms with E-state index in [1.165, 1.54) is 13.0 Å². The summed E-state index contributed by atoms with van der Waals surface area (Å²) in [6, 6.07) is 0. The molecule has 1 amide bonds. The summed E-state index contributed by atoms with van der Waals surface area (Å²) in [7, 11) is -4.18. The van der Waals surface area contributed by atoms with Crippen molar-refractivity contribution in [2.24, 2.45) is 11.3 Å². The van der Waals surface area contributed by atoms with Gasteiger partial charge in [-0.15, -0.1) is 0 Å². The molecule has 2 atom stereocenters. The number of rotatable bonds is 8. The standard InChI is InChI=1S/C15H28INO4S/c1-8-12(18)17-13(3,4)10-9-11(2)14(5,6)15(7,16)22(19,20)21/h8,11H,1,9-10H2,2-7H3,(H,17,18)(H,19,20,21). The van der Waals surface area contributed by atoms with E-state index in [-0.39, 0.29) is 11.8 Å². The van der Waals surface area contributed by atoms with Gasteiger partial charge in [-0.1, -0.05) is 49.9 Å². The van der Waals surface area contributed by atoms with Crippen LogP contribution >= 0.6 is 22.6 Å². The molecule has 0 fully saturated rings. The molecule has 0 rings (SSSR count). The molecule has 2 N–H and O–H groups in total. The van der Waals surface area contributed by atoms with Crippen molar-refractivity contribution in [1.29, 1.82) is 0 Å². The fourth-order valence-electron chi connectivity index (χ4n) is 2.16. The fourth-order valence-corrected chi connectivity index (χ4v) is 3.56. The highest BCUT2D eigenvalue weighted by Gasteiger charge is 2.51. The van der Waals surface area contributed by atoms with Crippen molar-refractivity contribution in [3.05, 3.63) is 12.7 Å². The van der Waals surface area contributed by atoms with Crippen LogP contribution in [0.15, 0.2) is 12.7 Å². The third-order valence-electron chi connectivity index (χ3n) is 4.72. The van der Waals surface area contributed by atoms with Crippen molar-refractivity contribution in [3.63, 3.8) is 0 Å². The normalized spacial score (nSPS) is 17.5. The summed E-state index contributed by atoms with van der Waals surface area (Å²) < 4.78 is 31.6. The van der Waals surface area contributed by atoms with Gasteiger partial charge in [0.05, 0.1) is 0 Å². The summed E-state index contributed by atoms with van der Waals surface area (Å²) in [5, 5.41) is 2.86. The molecule has 0 radical (unpaired) electrons. The van der Waals surface area contributed by atoms with E-state index >= 15 is 0 Å². The van der Waals surface area contributed by atoms with Crippen LogP contribution in [0.2, 0.25) is 0 Å². The van der Waals surface area contributed by atoms with Gasteiger partial charge >= 0.3 is 0 Å². The van der Waals surface area contributed by atoms with Crippen LogP contribution in [0, 0.1) is 11.3 Å². The second-order valence-electron chi connectivity index (χ2n) is 7.13. The van der Waals surface area contributed by atoms with Gasteiger partial charge in [-0.25, -0.2) is 0 Å². The monoisotopic (exact) mass is 445 g/mol. The van der Waals surface area contributed by atoms with E-state index in [1.807, 2.05) is 34.6 Å². The number of halogens is 1. The predicted molar refractivity (Wildman–Crippen MR) is 98.6 cm³/mol. The maximum Gasteiger partial charge on any atom is 0.280 e. The SMILES string of the molecule is C=CC(=O)NC(C)(C)CCC(C)C(C)(C)C(C)(I)S(=O)(=O)O. The summed E-state index contributed by atoms with van der Waals surface area (Å²) >= 11 is 1.81. The lowest BCUT2D eigenvalue weighted by molar-refractivity contribution is -0.118. The number of amides is 1. The molecular weight excluding hydrogens is 417 g/mol. The van der Waals surface area contributed by atoms with Gasteiger partial charge in [-0.05, 0) is 51.0 Å². The first-order valence-electron chi connectivity index (χ1n) is 7.19. The molecular formula is C15H28INO4S. The van der Waals surface area contributed by atoms with Gasteiger partial charge in [0, 0.05) is 5.54 Å². The first kappa shape index (κ1) is 21.9. The molecule has 0 aliphatic rings. The Hall–Kier alpha value is -0.150. The molecule has 0 aliphatic carbocycles. The van der Waals surface area contributed by atoms with Gasteiger partial charge in [-0.2, -0.15) is 8.42 Å². The van der Waals surface area contributed by atoms with E-state index in [9.17, 15) is 17.8 Å². The lowest BCUT2D eigenvalue weighted by Crippen LogP contribution is -2.48. The van der Waals surface area contributed by atoms with E-state index in [2.05, 4.69) is 11.9 Å². The third kappa shape index (κ3) is 5.19. The summed E-state index contributed by atoms with van der Waals surface area (Å²) in [5.74, 6) is -0.204. The topological polar surface area (TPSA) is 83.5 Å². The van der Waals surface area contributed by atoms with Gasteiger partial charge in [0.25, 0.3) is 10.1 Å². The van der Waals surface area contributed by atoms with Crippen LogP contribution in [0.3, 0.4) is 0 Å². The van der Waals surface area contributed by atoms with Crippen LogP contribution in [-0.2, 0) is 14.9 Å². The quantitative estimate of drug-likeness (QED) is 0.259. The van der Waals surface area contributed by atoms with Crippen LogP contribution in [0.1, 0.15) is 54.4 Å². The minimum Gasteiger partial charge on any atom is -0.348 e. The first-order valence-corrected chi connectivity index (χ1v) is 9.71.